The predicted octanol–water partition coefficient (Wildman–Crippen LogP) is 4.09. The van der Waals surface area contributed by atoms with Crippen LogP contribution in [0, 0.1) is 0 Å². The fraction of sp³-hybridized carbons (Fsp3) is 0. The van der Waals surface area contributed by atoms with E-state index in [9.17, 15) is 0 Å². The Morgan fingerprint density at radius 1 is 0.688 bits per heavy atom. The molecule has 0 aromatic heterocycles. The molecule has 16 heavy (non-hydrogen) atoms. The second-order valence-corrected chi connectivity index (χ2v) is 3.83. The van der Waals surface area contributed by atoms with Gasteiger partial charge in [0.1, 0.15) is 11.5 Å². The van der Waals surface area contributed by atoms with Crippen LogP contribution in [0.15, 0.2) is 48.5 Å². The zero-order chi connectivity index (χ0) is 12.0. The summed E-state index contributed by atoms with van der Waals surface area (Å²) in [5, 5.41) is 18.6. The average Bonchev–Trinajstić information content (AvgIpc) is 2.17. The van der Waals surface area contributed by atoms with Gasteiger partial charge in [-0.05, 0) is 36.4 Å². The van der Waals surface area contributed by atoms with Crippen LogP contribution >= 0.6 is 23.2 Å². The number of hydrogen-bond donors (Lipinski definition) is 2. The molecule has 0 aliphatic carbocycles. The maximum Gasteiger partial charge on any atom is 0.117 e. The van der Waals surface area contributed by atoms with Gasteiger partial charge in [0, 0.05) is 10.0 Å². The molecule has 0 bridgehead atoms. The molecule has 2 rings (SSSR count). The van der Waals surface area contributed by atoms with Crippen LogP contribution in [0.1, 0.15) is 0 Å². The van der Waals surface area contributed by atoms with Crippen molar-refractivity contribution in [2.45, 2.75) is 0 Å². The summed E-state index contributed by atoms with van der Waals surface area (Å²) in [7, 11) is 0. The van der Waals surface area contributed by atoms with E-state index in [4.69, 9.17) is 33.4 Å². The average molecular weight is 257 g/mol. The van der Waals surface area contributed by atoms with Gasteiger partial charge in [0.15, 0.2) is 0 Å². The van der Waals surface area contributed by atoms with Crippen LogP contribution in [0.4, 0.5) is 0 Å². The maximum absolute atomic E-state index is 8.73. The highest BCUT2D eigenvalue weighted by atomic mass is 35.5. The molecule has 0 spiro atoms. The molecule has 0 aliphatic heterocycles. The first-order valence-electron chi connectivity index (χ1n) is 4.47. The van der Waals surface area contributed by atoms with Gasteiger partial charge in [-0.3, -0.25) is 0 Å². The Bertz CT molecular complexity index is 380. The minimum absolute atomic E-state index is 0.206. The number of phenolic OH excluding ortho intramolecular Hbond substituents is 2. The Morgan fingerprint density at radius 2 is 1.06 bits per heavy atom. The molecular weight excluding hydrogens is 247 g/mol. The highest BCUT2D eigenvalue weighted by Gasteiger charge is 1.86. The monoisotopic (exact) mass is 256 g/mol. The van der Waals surface area contributed by atoms with E-state index in [1.807, 2.05) is 0 Å². The number of halogens is 2. The van der Waals surface area contributed by atoms with Crippen LogP contribution in [-0.4, -0.2) is 10.2 Å². The lowest BCUT2D eigenvalue weighted by Crippen LogP contribution is -1.61. The van der Waals surface area contributed by atoms with Gasteiger partial charge < -0.3 is 10.2 Å². The molecular formula is C12H10Cl2O2. The molecule has 0 radical (unpaired) electrons. The van der Waals surface area contributed by atoms with Crippen molar-refractivity contribution < 1.29 is 10.2 Å². The molecule has 2 aromatic rings. The first kappa shape index (κ1) is 12.7. The second kappa shape index (κ2) is 6.26. The lowest BCUT2D eigenvalue weighted by atomic mass is 10.3. The Morgan fingerprint density at radius 3 is 1.25 bits per heavy atom. The first-order chi connectivity index (χ1) is 7.58. The van der Waals surface area contributed by atoms with E-state index in [-0.39, 0.29) is 11.5 Å². The van der Waals surface area contributed by atoms with E-state index in [2.05, 4.69) is 0 Å². The lowest BCUT2D eigenvalue weighted by molar-refractivity contribution is 0.475. The van der Waals surface area contributed by atoms with Crippen LogP contribution in [0.5, 0.6) is 11.5 Å². The summed E-state index contributed by atoms with van der Waals surface area (Å²) in [6, 6.07) is 12.9. The molecule has 0 aliphatic rings. The van der Waals surface area contributed by atoms with Crippen molar-refractivity contribution in [2.75, 3.05) is 0 Å². The normalized spacial score (nSPS) is 9.12. The van der Waals surface area contributed by atoms with Crippen LogP contribution in [0.3, 0.4) is 0 Å². The van der Waals surface area contributed by atoms with Crippen molar-refractivity contribution in [3.8, 4) is 11.5 Å². The summed E-state index contributed by atoms with van der Waals surface area (Å²) < 4.78 is 0. The van der Waals surface area contributed by atoms with Gasteiger partial charge in [-0.2, -0.15) is 0 Å². The first-order valence-corrected chi connectivity index (χ1v) is 5.22. The summed E-state index contributed by atoms with van der Waals surface area (Å²) in [6.07, 6.45) is 0. The van der Waals surface area contributed by atoms with E-state index in [1.54, 1.807) is 36.4 Å². The van der Waals surface area contributed by atoms with E-state index in [0.717, 1.165) is 0 Å². The minimum Gasteiger partial charge on any atom is -0.508 e. The van der Waals surface area contributed by atoms with E-state index < -0.39 is 0 Å². The summed E-state index contributed by atoms with van der Waals surface area (Å²) in [5.41, 5.74) is 0. The SMILES string of the molecule is Oc1cccc(Cl)c1.Oc1cccc(Cl)c1. The quantitative estimate of drug-likeness (QED) is 0.746. The van der Waals surface area contributed by atoms with Crippen molar-refractivity contribution in [3.05, 3.63) is 58.6 Å². The molecule has 2 aromatic carbocycles. The third-order valence-electron chi connectivity index (χ3n) is 1.62. The number of hydrogen-bond acceptors (Lipinski definition) is 2. The van der Waals surface area contributed by atoms with E-state index >= 15 is 0 Å². The molecule has 0 amide bonds. The standard InChI is InChI=1S/2C6H5ClO/c2*7-5-2-1-3-6(8)4-5/h2*1-4,8H. The van der Waals surface area contributed by atoms with Gasteiger partial charge in [-0.15, -0.1) is 0 Å². The molecule has 0 saturated heterocycles. The summed E-state index contributed by atoms with van der Waals surface area (Å²) in [5.74, 6) is 0.412. The topological polar surface area (TPSA) is 40.5 Å². The summed E-state index contributed by atoms with van der Waals surface area (Å²) >= 11 is 11.0. The van der Waals surface area contributed by atoms with Gasteiger partial charge in [-0.25, -0.2) is 0 Å². The molecule has 0 fully saturated rings. The molecule has 2 nitrogen and oxygen atoms in total. The fourth-order valence-corrected chi connectivity index (χ4v) is 1.32. The van der Waals surface area contributed by atoms with Gasteiger partial charge in [0.2, 0.25) is 0 Å². The molecule has 2 N–H and O–H groups in total. The van der Waals surface area contributed by atoms with Crippen LogP contribution in [0.2, 0.25) is 10.0 Å². The van der Waals surface area contributed by atoms with Crippen LogP contribution < -0.4 is 0 Å². The predicted molar refractivity (Wildman–Crippen MR) is 66.2 cm³/mol. The Labute approximate surface area is 104 Å². The van der Waals surface area contributed by atoms with Crippen molar-refractivity contribution in [1.29, 1.82) is 0 Å². The van der Waals surface area contributed by atoms with Crippen LogP contribution in [-0.2, 0) is 0 Å². The second-order valence-electron chi connectivity index (χ2n) is 2.96. The van der Waals surface area contributed by atoms with Crippen molar-refractivity contribution in [1.82, 2.24) is 0 Å². The fourth-order valence-electron chi connectivity index (χ4n) is 0.952. The Hall–Kier alpha value is -1.38. The number of aromatic hydroxyl groups is 2. The van der Waals surface area contributed by atoms with Crippen molar-refractivity contribution in [3.63, 3.8) is 0 Å². The molecule has 4 heteroatoms. The molecule has 0 unspecified atom stereocenters. The number of rotatable bonds is 0. The number of benzene rings is 2. The highest BCUT2D eigenvalue weighted by molar-refractivity contribution is 6.30. The zero-order valence-electron chi connectivity index (χ0n) is 8.27. The summed E-state index contributed by atoms with van der Waals surface area (Å²) in [4.78, 5) is 0. The van der Waals surface area contributed by atoms with Crippen LogP contribution in [0.25, 0.3) is 0 Å². The largest absolute Gasteiger partial charge is 0.508 e. The maximum atomic E-state index is 8.73. The molecule has 0 atom stereocenters. The van der Waals surface area contributed by atoms with Gasteiger partial charge in [0.25, 0.3) is 0 Å². The highest BCUT2D eigenvalue weighted by Crippen LogP contribution is 2.15. The van der Waals surface area contributed by atoms with Crippen molar-refractivity contribution >= 4 is 23.2 Å². The van der Waals surface area contributed by atoms with E-state index in [1.165, 1.54) is 12.1 Å². The Kier molecular flexibility index (Phi) is 4.96. The smallest absolute Gasteiger partial charge is 0.117 e. The summed E-state index contributed by atoms with van der Waals surface area (Å²) in [6.45, 7) is 0. The Balaban J connectivity index is 0.000000160. The lowest BCUT2D eigenvalue weighted by Gasteiger charge is -1.88. The minimum atomic E-state index is 0.206. The van der Waals surface area contributed by atoms with E-state index in [0.29, 0.717) is 10.0 Å². The number of phenols is 2. The van der Waals surface area contributed by atoms with Crippen molar-refractivity contribution in [2.24, 2.45) is 0 Å². The van der Waals surface area contributed by atoms with Gasteiger partial charge in [-0.1, -0.05) is 35.3 Å². The zero-order valence-corrected chi connectivity index (χ0v) is 9.78. The third-order valence-corrected chi connectivity index (χ3v) is 2.09. The molecule has 84 valence electrons. The molecule has 0 heterocycles. The van der Waals surface area contributed by atoms with Gasteiger partial charge >= 0.3 is 0 Å². The molecule has 0 saturated carbocycles. The third kappa shape index (κ3) is 4.91. The van der Waals surface area contributed by atoms with Gasteiger partial charge in [0.05, 0.1) is 0 Å².